The lowest BCUT2D eigenvalue weighted by atomic mass is 10.1. The van der Waals surface area contributed by atoms with Gasteiger partial charge in [0.25, 0.3) is 31.3 Å². The molecule has 2 aliphatic rings. The zero-order valence-electron chi connectivity index (χ0n) is 25.6. The van der Waals surface area contributed by atoms with E-state index in [0.717, 1.165) is 22.3 Å². The van der Waals surface area contributed by atoms with Crippen molar-refractivity contribution >= 4 is 43.1 Å². The number of aromatic nitrogens is 2. The van der Waals surface area contributed by atoms with Crippen LogP contribution in [0.25, 0.3) is 0 Å². The van der Waals surface area contributed by atoms with Crippen molar-refractivity contribution in [3.8, 4) is 0 Å². The summed E-state index contributed by atoms with van der Waals surface area (Å²) >= 11 is 1.37. The van der Waals surface area contributed by atoms with Gasteiger partial charge in [-0.15, -0.1) is 11.8 Å². The quantitative estimate of drug-likeness (QED) is 0.118. The van der Waals surface area contributed by atoms with Crippen molar-refractivity contribution in [2.75, 3.05) is 12.4 Å². The molecule has 24 heteroatoms. The highest BCUT2D eigenvalue weighted by Crippen LogP contribution is 2.67. The van der Waals surface area contributed by atoms with Crippen molar-refractivity contribution < 1.29 is 74.0 Å². The van der Waals surface area contributed by atoms with Crippen molar-refractivity contribution in [2.45, 2.75) is 82.0 Å². The average molecular weight is 776 g/mol. The van der Waals surface area contributed by atoms with Crippen LogP contribution < -0.4 is 25.3 Å². The van der Waals surface area contributed by atoms with Crippen molar-refractivity contribution in [1.29, 1.82) is 0 Å². The molecular formula is C24H32N2O17P4S-4. The van der Waals surface area contributed by atoms with E-state index in [9.17, 15) is 42.6 Å². The zero-order chi connectivity index (χ0) is 35.3. The third-order valence-corrected chi connectivity index (χ3v) is 13.4. The number of rotatable bonds is 18. The largest absolute Gasteiger partial charge is 0.756 e. The summed E-state index contributed by atoms with van der Waals surface area (Å²) in [7, 11) is -24.3. The Kier molecular flexibility index (Phi) is 13.6. The first-order chi connectivity index (χ1) is 22.4. The second kappa shape index (κ2) is 16.5. The fourth-order valence-corrected chi connectivity index (χ4v) is 10.2. The molecule has 48 heavy (non-hydrogen) atoms. The standard InChI is InChI=1S/C24H36N2O17P4S/c1-4-14-48-19-12-13-26(24(27)25-19)23-22-21(38-20(39-22)11-10-17-8-6-5-7-9-17)18(37-23)15-36-44(28,29)41-46(32,33)43-47(34,35)42-45(30,31)40-16(2)3/h5-9,12-13,16,18,20-23H,4,10-11,14-15H2,1-3H3,(H,28,29)(H,30,31)(H,32,33)(H,34,35)/p-4/t18-,20?,21+,22?,23-/m1/s1. The molecule has 3 heterocycles. The number of benzene rings is 1. The average Bonchev–Trinajstić information content (AvgIpc) is 3.51. The number of hydrogen-bond donors (Lipinski definition) is 0. The Bertz CT molecular complexity index is 1650. The van der Waals surface area contributed by atoms with E-state index in [1.807, 2.05) is 37.3 Å². The summed E-state index contributed by atoms with van der Waals surface area (Å²) in [5, 5.41) is 0.476. The van der Waals surface area contributed by atoms with E-state index in [1.165, 1.54) is 31.8 Å². The van der Waals surface area contributed by atoms with Gasteiger partial charge in [0.05, 0.1) is 12.7 Å². The van der Waals surface area contributed by atoms with Crippen LogP contribution in [-0.4, -0.2) is 52.6 Å². The predicted molar refractivity (Wildman–Crippen MR) is 158 cm³/mol. The molecule has 0 aliphatic carbocycles. The maximum Gasteiger partial charge on any atom is 0.350 e. The highest BCUT2D eigenvalue weighted by Gasteiger charge is 2.54. The molecule has 1 aromatic heterocycles. The van der Waals surface area contributed by atoms with E-state index in [2.05, 4.69) is 27.0 Å². The summed E-state index contributed by atoms with van der Waals surface area (Å²) in [5.74, 6) is 0.727. The van der Waals surface area contributed by atoms with Gasteiger partial charge < -0.3 is 42.8 Å². The summed E-state index contributed by atoms with van der Waals surface area (Å²) in [6.07, 6.45) is -3.18. The third-order valence-electron chi connectivity index (χ3n) is 6.28. The predicted octanol–water partition coefficient (Wildman–Crippen LogP) is 1.75. The van der Waals surface area contributed by atoms with Gasteiger partial charge in [-0.3, -0.25) is 22.8 Å². The number of ether oxygens (including phenoxy) is 3. The first-order valence-electron chi connectivity index (χ1n) is 14.3. The Morgan fingerprint density at radius 1 is 0.896 bits per heavy atom. The van der Waals surface area contributed by atoms with Crippen LogP contribution in [0.4, 0.5) is 0 Å². The summed E-state index contributed by atoms with van der Waals surface area (Å²) in [6, 6.07) is 11.0. The molecule has 9 atom stereocenters. The lowest BCUT2D eigenvalue weighted by Crippen LogP contribution is -2.34. The van der Waals surface area contributed by atoms with Crippen LogP contribution in [0.15, 0.2) is 52.4 Å². The SMILES string of the molecule is CCCSc1ccn([C@@H]2O[C@H](COP(=O)([O-])OP(=O)([O-])OP(=O)([O-])OP(=O)([O-])OC(C)C)[C@@H]3OC(CCc4ccccc4)OC32)c(=O)n1. The lowest BCUT2D eigenvalue weighted by Gasteiger charge is -2.36. The normalized spacial score (nSPS) is 27.5. The van der Waals surface area contributed by atoms with Crippen LogP contribution in [0.2, 0.25) is 0 Å². The Labute approximate surface area is 279 Å². The summed E-state index contributed by atoms with van der Waals surface area (Å²) in [6.45, 7) is 3.41. The van der Waals surface area contributed by atoms with Gasteiger partial charge in [-0.25, -0.2) is 17.7 Å². The number of phosphoric acid groups is 4. The van der Waals surface area contributed by atoms with Gasteiger partial charge in [-0.1, -0.05) is 37.3 Å². The summed E-state index contributed by atoms with van der Waals surface area (Å²) < 4.78 is 86.8. The highest BCUT2D eigenvalue weighted by atomic mass is 32.2. The van der Waals surface area contributed by atoms with E-state index < -0.39 is 80.5 Å². The molecule has 19 nitrogen and oxygen atoms in total. The molecule has 2 fully saturated rings. The van der Waals surface area contributed by atoms with Gasteiger partial charge in [-0.2, -0.15) is 4.98 Å². The molecule has 1 aromatic carbocycles. The molecule has 0 N–H and O–H groups in total. The number of aryl methyl sites for hydroxylation is 1. The van der Waals surface area contributed by atoms with E-state index in [1.54, 1.807) is 6.07 Å². The van der Waals surface area contributed by atoms with E-state index in [4.69, 9.17) is 14.2 Å². The second-order valence-electron chi connectivity index (χ2n) is 10.5. The second-order valence-corrected chi connectivity index (χ2v) is 17.6. The van der Waals surface area contributed by atoms with Crippen LogP contribution in [-0.2, 0) is 60.9 Å². The Hall–Kier alpha value is -1.11. The summed E-state index contributed by atoms with van der Waals surface area (Å²) in [4.78, 5) is 64.9. The molecule has 0 bridgehead atoms. The molecule has 2 saturated heterocycles. The minimum absolute atomic E-state index is 0.368. The van der Waals surface area contributed by atoms with Crippen LogP contribution in [0.5, 0.6) is 0 Å². The van der Waals surface area contributed by atoms with E-state index in [-0.39, 0.29) is 0 Å². The van der Waals surface area contributed by atoms with Gasteiger partial charge >= 0.3 is 5.69 Å². The first-order valence-corrected chi connectivity index (χ1v) is 21.1. The lowest BCUT2D eigenvalue weighted by molar-refractivity contribution is -0.255. The number of nitrogens with zero attached hydrogens (tertiary/aromatic N) is 2. The summed E-state index contributed by atoms with van der Waals surface area (Å²) in [5.41, 5.74) is 0.299. The number of thioether (sulfide) groups is 1. The monoisotopic (exact) mass is 776 g/mol. The maximum absolute atomic E-state index is 12.9. The minimum Gasteiger partial charge on any atom is -0.756 e. The van der Waals surface area contributed by atoms with Crippen molar-refractivity contribution in [2.24, 2.45) is 0 Å². The van der Waals surface area contributed by atoms with Crippen LogP contribution in [0.3, 0.4) is 0 Å². The van der Waals surface area contributed by atoms with Gasteiger partial charge in [0.15, 0.2) is 12.5 Å². The Morgan fingerprint density at radius 2 is 1.52 bits per heavy atom. The number of hydrogen-bond acceptors (Lipinski definition) is 19. The smallest absolute Gasteiger partial charge is 0.350 e. The molecular weight excluding hydrogens is 744 g/mol. The molecule has 0 amide bonds. The molecule has 2 aromatic rings. The highest BCUT2D eigenvalue weighted by molar-refractivity contribution is 7.99. The molecule has 0 saturated carbocycles. The molecule has 6 unspecified atom stereocenters. The van der Waals surface area contributed by atoms with Gasteiger partial charge in [-0.05, 0) is 44.1 Å². The van der Waals surface area contributed by atoms with E-state index in [0.29, 0.717) is 17.9 Å². The fourth-order valence-electron chi connectivity index (χ4n) is 4.56. The molecule has 0 radical (unpaired) electrons. The van der Waals surface area contributed by atoms with Gasteiger partial charge in [0.2, 0.25) is 0 Å². The molecule has 2 aliphatic heterocycles. The number of fused-ring (bicyclic) bond motifs is 1. The number of phosphoric ester groups is 2. The minimum atomic E-state index is -6.39. The fraction of sp³-hybridized carbons (Fsp3) is 0.583. The van der Waals surface area contributed by atoms with Crippen LogP contribution in [0, 0.1) is 0 Å². The third kappa shape index (κ3) is 11.7. The zero-order valence-corrected chi connectivity index (χ0v) is 30.0. The van der Waals surface area contributed by atoms with Crippen molar-refractivity contribution in [3.05, 3.63) is 58.6 Å². The molecule has 270 valence electrons. The van der Waals surface area contributed by atoms with E-state index >= 15 is 0 Å². The van der Waals surface area contributed by atoms with Crippen LogP contribution >= 0.6 is 43.1 Å². The molecule has 0 spiro atoms. The van der Waals surface area contributed by atoms with Crippen molar-refractivity contribution in [3.63, 3.8) is 0 Å². The van der Waals surface area contributed by atoms with Gasteiger partial charge in [0.1, 0.15) is 23.3 Å². The first kappa shape index (κ1) is 39.7. The topological polar surface area (TPSA) is 269 Å². The Morgan fingerprint density at radius 3 is 2.15 bits per heavy atom. The maximum atomic E-state index is 12.9. The van der Waals surface area contributed by atoms with Crippen LogP contribution in [0.1, 0.15) is 45.4 Å². The Balaban J connectivity index is 1.45. The molecule has 4 rings (SSSR count). The van der Waals surface area contributed by atoms with Crippen molar-refractivity contribution in [1.82, 2.24) is 9.55 Å². The van der Waals surface area contributed by atoms with Gasteiger partial charge in [0, 0.05) is 12.6 Å².